The highest BCUT2D eigenvalue weighted by Crippen LogP contribution is 2.39. The highest BCUT2D eigenvalue weighted by molar-refractivity contribution is 6.09. The van der Waals surface area contributed by atoms with Crippen LogP contribution in [0.25, 0.3) is 0 Å². The summed E-state index contributed by atoms with van der Waals surface area (Å²) in [6.07, 6.45) is -2.79. The van der Waals surface area contributed by atoms with Gasteiger partial charge in [-0.05, 0) is 42.4 Å². The Morgan fingerprint density at radius 2 is 1.94 bits per heavy atom. The van der Waals surface area contributed by atoms with Gasteiger partial charge in [0, 0.05) is 25.3 Å². The molecule has 0 unspecified atom stereocenters. The molecule has 1 aromatic rings. The zero-order valence-corrected chi connectivity index (χ0v) is 19.6. The second-order valence-corrected chi connectivity index (χ2v) is 10.1. The average molecular weight is 485 g/mol. The highest BCUT2D eigenvalue weighted by Gasteiger charge is 2.39. The van der Waals surface area contributed by atoms with Gasteiger partial charge in [-0.3, -0.25) is 19.3 Å². The monoisotopic (exact) mass is 484 g/mol. The first-order chi connectivity index (χ1) is 15.8. The molecule has 34 heavy (non-hydrogen) atoms. The van der Waals surface area contributed by atoms with Crippen molar-refractivity contribution in [2.24, 2.45) is 17.1 Å². The molecule has 3 rings (SSSR count). The van der Waals surface area contributed by atoms with Crippen molar-refractivity contribution < 1.29 is 32.3 Å². The maximum atomic E-state index is 13.8. The number of halogens is 3. The fraction of sp³-hybridized carbons (Fsp3) is 0.609. The minimum atomic E-state index is -4.78. The van der Waals surface area contributed by atoms with Crippen LogP contribution in [0.5, 0.6) is 0 Å². The number of hydrogen-bond donors (Lipinski definition) is 2. The number of morpholine rings is 1. The van der Waals surface area contributed by atoms with E-state index in [9.17, 15) is 27.6 Å². The first-order valence-electron chi connectivity index (χ1n) is 11.2. The van der Waals surface area contributed by atoms with Crippen LogP contribution in [0.1, 0.15) is 39.2 Å². The highest BCUT2D eigenvalue weighted by atomic mass is 19.4. The third kappa shape index (κ3) is 6.69. The van der Waals surface area contributed by atoms with Crippen molar-refractivity contribution in [3.05, 3.63) is 23.8 Å². The number of anilines is 2. The van der Waals surface area contributed by atoms with Gasteiger partial charge in [0.1, 0.15) is 6.61 Å². The van der Waals surface area contributed by atoms with Crippen molar-refractivity contribution in [2.75, 3.05) is 43.1 Å². The largest absolute Gasteiger partial charge is 0.418 e. The lowest BCUT2D eigenvalue weighted by Gasteiger charge is -2.34. The van der Waals surface area contributed by atoms with Crippen molar-refractivity contribution in [2.45, 2.75) is 45.8 Å². The van der Waals surface area contributed by atoms with Crippen LogP contribution in [-0.4, -0.2) is 61.5 Å². The Hall–Kier alpha value is -2.66. The number of amides is 3. The molecule has 0 radical (unpaired) electrons. The number of primary amides is 1. The Kier molecular flexibility index (Phi) is 7.56. The predicted octanol–water partition coefficient (Wildman–Crippen LogP) is 2.62. The zero-order chi connectivity index (χ0) is 25.3. The number of nitrogens with two attached hydrogens (primary N) is 1. The molecular formula is C23H31F3N4O4. The lowest BCUT2D eigenvalue weighted by Crippen LogP contribution is -2.54. The number of hydrogen-bond acceptors (Lipinski definition) is 5. The van der Waals surface area contributed by atoms with Crippen LogP contribution in [-0.2, 0) is 25.3 Å². The molecule has 0 aromatic heterocycles. The summed E-state index contributed by atoms with van der Waals surface area (Å²) in [5.41, 5.74) is 3.80. The van der Waals surface area contributed by atoms with Gasteiger partial charge in [0.25, 0.3) is 11.8 Å². The third-order valence-electron chi connectivity index (χ3n) is 5.60. The van der Waals surface area contributed by atoms with Gasteiger partial charge < -0.3 is 20.7 Å². The summed E-state index contributed by atoms with van der Waals surface area (Å²) < 4.78 is 46.5. The molecule has 0 bridgehead atoms. The Morgan fingerprint density at radius 1 is 1.26 bits per heavy atom. The summed E-state index contributed by atoms with van der Waals surface area (Å²) in [5.74, 6) is -1.88. The van der Waals surface area contributed by atoms with Gasteiger partial charge in [0.05, 0.1) is 17.9 Å². The molecule has 1 aliphatic carbocycles. The van der Waals surface area contributed by atoms with Crippen LogP contribution < -0.4 is 16.0 Å². The zero-order valence-electron chi connectivity index (χ0n) is 19.6. The molecular weight excluding hydrogens is 453 g/mol. The molecule has 8 nitrogen and oxygen atoms in total. The lowest BCUT2D eigenvalue weighted by molar-refractivity contribution is -0.138. The van der Waals surface area contributed by atoms with Gasteiger partial charge in [-0.15, -0.1) is 0 Å². The van der Waals surface area contributed by atoms with Gasteiger partial charge in [0.2, 0.25) is 5.91 Å². The number of alkyl halides is 3. The van der Waals surface area contributed by atoms with Crippen molar-refractivity contribution >= 4 is 29.1 Å². The van der Waals surface area contributed by atoms with Gasteiger partial charge in [-0.1, -0.05) is 20.8 Å². The molecule has 2 fully saturated rings. The number of nitrogens with one attached hydrogen (secondary N) is 1. The van der Waals surface area contributed by atoms with Crippen LogP contribution >= 0.6 is 0 Å². The number of rotatable bonds is 8. The smallest absolute Gasteiger partial charge is 0.370 e. The molecule has 1 saturated heterocycles. The summed E-state index contributed by atoms with van der Waals surface area (Å²) in [4.78, 5) is 40.2. The van der Waals surface area contributed by atoms with E-state index >= 15 is 0 Å². The van der Waals surface area contributed by atoms with Crippen molar-refractivity contribution in [3.63, 3.8) is 0 Å². The molecule has 3 N–H and O–H groups in total. The summed E-state index contributed by atoms with van der Waals surface area (Å²) in [6.45, 7) is 6.60. The molecule has 1 saturated carbocycles. The maximum absolute atomic E-state index is 13.8. The molecule has 11 heteroatoms. The number of ether oxygens (including phenoxy) is 1. The van der Waals surface area contributed by atoms with E-state index in [0.29, 0.717) is 19.0 Å². The van der Waals surface area contributed by atoms with Gasteiger partial charge >= 0.3 is 6.18 Å². The Morgan fingerprint density at radius 3 is 2.47 bits per heavy atom. The average Bonchev–Trinajstić information content (AvgIpc) is 3.50. The van der Waals surface area contributed by atoms with Gasteiger partial charge in [0.15, 0.2) is 6.04 Å². The molecule has 1 atom stereocenters. The van der Waals surface area contributed by atoms with E-state index < -0.39 is 35.5 Å². The molecule has 1 aliphatic heterocycles. The normalized spacial score (nSPS) is 18.2. The fourth-order valence-electron chi connectivity index (χ4n) is 4.04. The number of benzene rings is 1. The van der Waals surface area contributed by atoms with E-state index in [4.69, 9.17) is 10.5 Å². The minimum absolute atomic E-state index is 0.0136. The van der Waals surface area contributed by atoms with Crippen molar-refractivity contribution in [1.29, 1.82) is 0 Å². The van der Waals surface area contributed by atoms with E-state index in [1.807, 2.05) is 20.8 Å². The quantitative estimate of drug-likeness (QED) is 0.552. The Labute approximate surface area is 196 Å². The van der Waals surface area contributed by atoms with Gasteiger partial charge in [-0.2, -0.15) is 13.2 Å². The van der Waals surface area contributed by atoms with Crippen LogP contribution in [0.2, 0.25) is 0 Å². The van der Waals surface area contributed by atoms with E-state index in [2.05, 4.69) is 5.32 Å². The predicted molar refractivity (Wildman–Crippen MR) is 120 cm³/mol. The summed E-state index contributed by atoms with van der Waals surface area (Å²) in [7, 11) is 0. The lowest BCUT2D eigenvalue weighted by atomic mass is 9.94. The molecule has 1 aromatic carbocycles. The van der Waals surface area contributed by atoms with Gasteiger partial charge in [-0.25, -0.2) is 0 Å². The van der Waals surface area contributed by atoms with Crippen LogP contribution in [0, 0.1) is 11.3 Å². The molecule has 2 aliphatic rings. The summed E-state index contributed by atoms with van der Waals surface area (Å²) >= 11 is 0. The van der Waals surface area contributed by atoms with Crippen LogP contribution in [0.3, 0.4) is 0 Å². The minimum Gasteiger partial charge on any atom is -0.370 e. The first kappa shape index (κ1) is 26.0. The molecule has 0 spiro atoms. The summed E-state index contributed by atoms with van der Waals surface area (Å²) in [5, 5.41) is 2.43. The van der Waals surface area contributed by atoms with Crippen molar-refractivity contribution in [1.82, 2.24) is 4.90 Å². The molecule has 188 valence electrons. The number of nitrogens with zero attached hydrogens (tertiary/aromatic N) is 2. The first-order valence-corrected chi connectivity index (χ1v) is 11.2. The second-order valence-electron chi connectivity index (χ2n) is 10.1. The maximum Gasteiger partial charge on any atom is 0.418 e. The van der Waals surface area contributed by atoms with E-state index in [-0.39, 0.29) is 36.5 Å². The number of carbonyl (C=O) groups is 3. The van der Waals surface area contributed by atoms with Crippen LogP contribution in [0.4, 0.5) is 24.5 Å². The van der Waals surface area contributed by atoms with E-state index in [1.54, 1.807) is 4.90 Å². The van der Waals surface area contributed by atoms with Crippen molar-refractivity contribution in [3.8, 4) is 0 Å². The van der Waals surface area contributed by atoms with Crippen LogP contribution in [0.15, 0.2) is 18.2 Å². The molecule has 3 amide bonds. The Balaban J connectivity index is 1.87. The fourth-order valence-corrected chi connectivity index (χ4v) is 4.04. The van der Waals surface area contributed by atoms with E-state index in [1.165, 1.54) is 6.07 Å². The SMILES string of the molecule is CC(C)(C)CN(CC1CC1)[C@@H](C(N)=O)C(=O)Nc1ccc(N2CCOCC2=O)c(C(F)(F)F)c1. The standard InChI is InChI=1S/C23H31F3N4O4/c1-22(2,3)13-29(11-14-4-5-14)19(20(27)32)21(33)28-15-6-7-17(16(10-15)23(24,25)26)30-8-9-34-12-18(30)31/h6-7,10,14,19H,4-5,8-9,11-13H2,1-3H3,(H2,27,32)(H,28,33)/t19-/m0/s1. The topological polar surface area (TPSA) is 105 Å². The number of carbonyl (C=O) groups excluding carboxylic acids is 3. The summed E-state index contributed by atoms with van der Waals surface area (Å²) in [6, 6.07) is 1.86. The second kappa shape index (κ2) is 9.91. The third-order valence-corrected chi connectivity index (χ3v) is 5.60. The molecule has 1 heterocycles. The van der Waals surface area contributed by atoms with E-state index in [0.717, 1.165) is 29.9 Å². The Bertz CT molecular complexity index is 941.